The van der Waals surface area contributed by atoms with Gasteiger partial charge in [-0.15, -0.1) is 0 Å². The molecule has 0 aliphatic carbocycles. The number of rotatable bonds is 3. The predicted molar refractivity (Wildman–Crippen MR) is 68.4 cm³/mol. The van der Waals surface area contributed by atoms with Gasteiger partial charge >= 0.3 is 0 Å². The first-order valence-electron chi connectivity index (χ1n) is 4.88. The maximum Gasteiger partial charge on any atom is 0.150 e. The van der Waals surface area contributed by atoms with Crippen molar-refractivity contribution < 1.29 is 9.53 Å². The zero-order valence-electron chi connectivity index (χ0n) is 8.69. The van der Waals surface area contributed by atoms with Gasteiger partial charge in [0.25, 0.3) is 0 Å². The summed E-state index contributed by atoms with van der Waals surface area (Å²) in [6, 6.07) is 11.9. The summed E-state index contributed by atoms with van der Waals surface area (Å²) in [7, 11) is 0. The zero-order chi connectivity index (χ0) is 12.3. The minimum Gasteiger partial charge on any atom is -0.454 e. The molecule has 2 aromatic rings. The van der Waals surface area contributed by atoms with Gasteiger partial charge in [0.05, 0.1) is 10.0 Å². The molecule has 4 heteroatoms. The lowest BCUT2D eigenvalue weighted by Crippen LogP contribution is -1.87. The first-order chi connectivity index (χ1) is 8.20. The van der Waals surface area contributed by atoms with Crippen molar-refractivity contribution in [1.82, 2.24) is 0 Å². The molecule has 0 radical (unpaired) electrons. The molecule has 0 spiro atoms. The van der Waals surface area contributed by atoms with Gasteiger partial charge in [0.15, 0.2) is 0 Å². The molecular weight excluding hydrogens is 259 g/mol. The van der Waals surface area contributed by atoms with Crippen molar-refractivity contribution in [2.45, 2.75) is 0 Å². The lowest BCUT2D eigenvalue weighted by molar-refractivity contribution is 0.112. The fourth-order valence-electron chi connectivity index (χ4n) is 1.32. The number of hydrogen-bond acceptors (Lipinski definition) is 2. The monoisotopic (exact) mass is 266 g/mol. The molecule has 0 saturated heterocycles. The summed E-state index contributed by atoms with van der Waals surface area (Å²) in [6.45, 7) is 0. The van der Waals surface area contributed by atoms with E-state index in [0.29, 0.717) is 27.1 Å². The van der Waals surface area contributed by atoms with Crippen LogP contribution in [0.4, 0.5) is 0 Å². The van der Waals surface area contributed by atoms with Gasteiger partial charge in [-0.2, -0.15) is 0 Å². The number of halogens is 2. The second-order valence-corrected chi connectivity index (χ2v) is 4.15. The van der Waals surface area contributed by atoms with E-state index in [2.05, 4.69) is 0 Å². The first kappa shape index (κ1) is 12.0. The Morgan fingerprint density at radius 2 is 1.65 bits per heavy atom. The van der Waals surface area contributed by atoms with E-state index < -0.39 is 0 Å². The molecule has 0 heterocycles. The summed E-state index contributed by atoms with van der Waals surface area (Å²) in [6.07, 6.45) is 0.727. The Bertz CT molecular complexity index is 553. The van der Waals surface area contributed by atoms with Gasteiger partial charge in [-0.05, 0) is 30.3 Å². The number of carbonyl (C=O) groups excluding carboxylic acids is 1. The normalized spacial score (nSPS) is 10.0. The average Bonchev–Trinajstić information content (AvgIpc) is 2.34. The van der Waals surface area contributed by atoms with Crippen LogP contribution >= 0.6 is 23.2 Å². The third kappa shape index (κ3) is 2.78. The summed E-state index contributed by atoms with van der Waals surface area (Å²) in [5.41, 5.74) is 0.501. The fourth-order valence-corrected chi connectivity index (χ4v) is 1.72. The third-order valence-corrected chi connectivity index (χ3v) is 2.76. The maximum absolute atomic E-state index is 10.6. The highest BCUT2D eigenvalue weighted by molar-refractivity contribution is 6.33. The van der Waals surface area contributed by atoms with Crippen LogP contribution in [0.2, 0.25) is 10.0 Å². The molecule has 0 aromatic heterocycles. The number of ether oxygens (including phenoxy) is 1. The topological polar surface area (TPSA) is 26.3 Å². The van der Waals surface area contributed by atoms with Crippen LogP contribution in [0.3, 0.4) is 0 Å². The molecule has 2 aromatic carbocycles. The number of carbonyl (C=O) groups is 1. The van der Waals surface area contributed by atoms with Gasteiger partial charge in [0.2, 0.25) is 0 Å². The number of aldehydes is 1. The molecule has 0 aliphatic rings. The van der Waals surface area contributed by atoms with Gasteiger partial charge in [-0.1, -0.05) is 35.3 Å². The molecule has 0 unspecified atom stereocenters. The van der Waals surface area contributed by atoms with Crippen molar-refractivity contribution in [1.29, 1.82) is 0 Å². The Morgan fingerprint density at radius 1 is 0.941 bits per heavy atom. The zero-order valence-corrected chi connectivity index (χ0v) is 10.2. The van der Waals surface area contributed by atoms with Crippen LogP contribution in [0.5, 0.6) is 11.5 Å². The minimum absolute atomic E-state index is 0.370. The molecule has 0 aliphatic heterocycles. The molecule has 2 rings (SSSR count). The summed E-state index contributed by atoms with van der Waals surface area (Å²) in [5, 5.41) is 0.873. The smallest absolute Gasteiger partial charge is 0.150 e. The highest BCUT2D eigenvalue weighted by atomic mass is 35.5. The van der Waals surface area contributed by atoms with Crippen LogP contribution < -0.4 is 4.74 Å². The van der Waals surface area contributed by atoms with Crippen molar-refractivity contribution in [2.24, 2.45) is 0 Å². The largest absolute Gasteiger partial charge is 0.454 e. The van der Waals surface area contributed by atoms with Crippen LogP contribution in [0.1, 0.15) is 10.4 Å². The third-order valence-electron chi connectivity index (χ3n) is 2.15. The quantitative estimate of drug-likeness (QED) is 0.760. The summed E-state index contributed by atoms with van der Waals surface area (Å²) in [4.78, 5) is 10.6. The Hall–Kier alpha value is -1.51. The molecule has 17 heavy (non-hydrogen) atoms. The van der Waals surface area contributed by atoms with Gasteiger partial charge in [0.1, 0.15) is 17.8 Å². The average molecular weight is 267 g/mol. The number of hydrogen-bond donors (Lipinski definition) is 0. The van der Waals surface area contributed by atoms with Crippen LogP contribution in [-0.2, 0) is 0 Å². The molecule has 0 N–H and O–H groups in total. The number of para-hydroxylation sites is 1. The van der Waals surface area contributed by atoms with Crippen LogP contribution in [-0.4, -0.2) is 6.29 Å². The van der Waals surface area contributed by atoms with Crippen LogP contribution in [0.25, 0.3) is 0 Å². The Balaban J connectivity index is 2.31. The second-order valence-electron chi connectivity index (χ2n) is 3.34. The SMILES string of the molecule is O=Cc1ccc(Oc2ccccc2Cl)c(Cl)c1. The van der Waals surface area contributed by atoms with E-state index in [1.165, 1.54) is 0 Å². The van der Waals surface area contributed by atoms with E-state index in [1.54, 1.807) is 30.3 Å². The second kappa shape index (κ2) is 5.21. The van der Waals surface area contributed by atoms with E-state index in [1.807, 2.05) is 12.1 Å². The Morgan fingerprint density at radius 3 is 2.29 bits per heavy atom. The first-order valence-corrected chi connectivity index (χ1v) is 5.63. The standard InChI is InChI=1S/C13H8Cl2O2/c14-10-3-1-2-4-12(10)17-13-6-5-9(8-16)7-11(13)15/h1-8H. The van der Waals surface area contributed by atoms with Crippen molar-refractivity contribution in [3.05, 3.63) is 58.1 Å². The summed E-state index contributed by atoms with van der Waals surface area (Å²) < 4.78 is 5.56. The van der Waals surface area contributed by atoms with Crippen molar-refractivity contribution in [2.75, 3.05) is 0 Å². The van der Waals surface area contributed by atoms with Crippen molar-refractivity contribution >= 4 is 29.5 Å². The summed E-state index contributed by atoms with van der Waals surface area (Å²) in [5.74, 6) is 0.986. The highest BCUT2D eigenvalue weighted by Gasteiger charge is 2.06. The number of benzene rings is 2. The minimum atomic E-state index is 0.370. The van der Waals surface area contributed by atoms with E-state index in [4.69, 9.17) is 27.9 Å². The molecule has 0 fully saturated rings. The lowest BCUT2D eigenvalue weighted by Gasteiger charge is -2.08. The van der Waals surface area contributed by atoms with Crippen LogP contribution in [0, 0.1) is 0 Å². The molecule has 0 bridgehead atoms. The Kier molecular flexibility index (Phi) is 3.67. The van der Waals surface area contributed by atoms with E-state index >= 15 is 0 Å². The molecule has 0 amide bonds. The molecule has 86 valence electrons. The highest BCUT2D eigenvalue weighted by Crippen LogP contribution is 2.33. The molecule has 0 saturated carbocycles. The molecular formula is C13H8Cl2O2. The van der Waals surface area contributed by atoms with E-state index in [-0.39, 0.29) is 0 Å². The van der Waals surface area contributed by atoms with Crippen LogP contribution in [0.15, 0.2) is 42.5 Å². The maximum atomic E-state index is 10.6. The lowest BCUT2D eigenvalue weighted by atomic mass is 10.2. The molecule has 2 nitrogen and oxygen atoms in total. The predicted octanol–water partition coefficient (Wildman–Crippen LogP) is 4.60. The van der Waals surface area contributed by atoms with Gasteiger partial charge in [-0.3, -0.25) is 4.79 Å². The van der Waals surface area contributed by atoms with Crippen molar-refractivity contribution in [3.63, 3.8) is 0 Å². The fraction of sp³-hybridized carbons (Fsp3) is 0. The van der Waals surface area contributed by atoms with E-state index in [9.17, 15) is 4.79 Å². The Labute approximate surface area is 109 Å². The van der Waals surface area contributed by atoms with Gasteiger partial charge in [0, 0.05) is 5.56 Å². The molecule has 0 atom stereocenters. The van der Waals surface area contributed by atoms with Gasteiger partial charge < -0.3 is 4.74 Å². The van der Waals surface area contributed by atoms with Crippen molar-refractivity contribution in [3.8, 4) is 11.5 Å². The van der Waals surface area contributed by atoms with E-state index in [0.717, 1.165) is 6.29 Å². The summed E-state index contributed by atoms with van der Waals surface area (Å²) >= 11 is 11.9. The van der Waals surface area contributed by atoms with Gasteiger partial charge in [-0.25, -0.2) is 0 Å².